The van der Waals surface area contributed by atoms with Gasteiger partial charge in [0.1, 0.15) is 6.42 Å². The lowest BCUT2D eigenvalue weighted by molar-refractivity contribution is -0.126. The predicted octanol–water partition coefficient (Wildman–Crippen LogP) is 2.83. The molecule has 0 aliphatic carbocycles. The minimum atomic E-state index is -0.329. The molecular formula is C14H19ClN2O2. The molecule has 19 heavy (non-hydrogen) atoms. The second-order valence-corrected chi connectivity index (χ2v) is 5.20. The van der Waals surface area contributed by atoms with Crippen molar-refractivity contribution >= 4 is 29.1 Å². The third-order valence-electron chi connectivity index (χ3n) is 2.49. The fourth-order valence-corrected chi connectivity index (χ4v) is 1.57. The van der Waals surface area contributed by atoms with Crippen LogP contribution in [-0.4, -0.2) is 18.4 Å². The van der Waals surface area contributed by atoms with E-state index in [-0.39, 0.29) is 18.2 Å². The van der Waals surface area contributed by atoms with Gasteiger partial charge in [0.05, 0.1) is 0 Å². The largest absolute Gasteiger partial charge is 0.356 e. The average molecular weight is 283 g/mol. The molecule has 1 rings (SSSR count). The Kier molecular flexibility index (Phi) is 6.36. The van der Waals surface area contributed by atoms with Gasteiger partial charge in [-0.3, -0.25) is 9.59 Å². The van der Waals surface area contributed by atoms with Gasteiger partial charge in [0, 0.05) is 17.3 Å². The van der Waals surface area contributed by atoms with E-state index in [1.54, 1.807) is 24.3 Å². The molecule has 0 atom stereocenters. The van der Waals surface area contributed by atoms with Crippen LogP contribution < -0.4 is 10.6 Å². The van der Waals surface area contributed by atoms with Gasteiger partial charge in [0.25, 0.3) is 0 Å². The van der Waals surface area contributed by atoms with Crippen LogP contribution in [0, 0.1) is 5.92 Å². The lowest BCUT2D eigenvalue weighted by Crippen LogP contribution is -2.29. The SMILES string of the molecule is CC(C)CCNC(=O)CC(=O)Nc1ccc(Cl)cc1. The second kappa shape index (κ2) is 7.79. The summed E-state index contributed by atoms with van der Waals surface area (Å²) in [6.45, 7) is 4.77. The second-order valence-electron chi connectivity index (χ2n) is 4.76. The number of halogens is 1. The number of amides is 2. The van der Waals surface area contributed by atoms with E-state index < -0.39 is 0 Å². The van der Waals surface area contributed by atoms with E-state index in [0.29, 0.717) is 23.2 Å². The van der Waals surface area contributed by atoms with Crippen molar-refractivity contribution in [3.8, 4) is 0 Å². The van der Waals surface area contributed by atoms with Gasteiger partial charge in [-0.15, -0.1) is 0 Å². The van der Waals surface area contributed by atoms with Gasteiger partial charge in [-0.2, -0.15) is 0 Å². The maximum Gasteiger partial charge on any atom is 0.233 e. The van der Waals surface area contributed by atoms with Crippen LogP contribution in [0.25, 0.3) is 0 Å². The lowest BCUT2D eigenvalue weighted by Gasteiger charge is -2.08. The topological polar surface area (TPSA) is 58.2 Å². The Bertz CT molecular complexity index is 430. The van der Waals surface area contributed by atoms with Crippen molar-refractivity contribution < 1.29 is 9.59 Å². The summed E-state index contributed by atoms with van der Waals surface area (Å²) in [4.78, 5) is 23.1. The van der Waals surface area contributed by atoms with Crippen molar-refractivity contribution in [1.29, 1.82) is 0 Å². The lowest BCUT2D eigenvalue weighted by atomic mass is 10.1. The van der Waals surface area contributed by atoms with Gasteiger partial charge < -0.3 is 10.6 Å². The summed E-state index contributed by atoms with van der Waals surface area (Å²) in [6.07, 6.45) is 0.741. The Hall–Kier alpha value is -1.55. The van der Waals surface area contributed by atoms with Crippen molar-refractivity contribution in [2.75, 3.05) is 11.9 Å². The molecule has 0 saturated heterocycles. The molecule has 1 aromatic rings. The summed E-state index contributed by atoms with van der Waals surface area (Å²) in [6, 6.07) is 6.74. The molecule has 0 aromatic heterocycles. The number of anilines is 1. The fraction of sp³-hybridized carbons (Fsp3) is 0.429. The maximum absolute atomic E-state index is 11.6. The van der Waals surface area contributed by atoms with Gasteiger partial charge in [0.15, 0.2) is 0 Å². The van der Waals surface area contributed by atoms with Crippen molar-refractivity contribution in [3.63, 3.8) is 0 Å². The molecule has 0 fully saturated rings. The Morgan fingerprint density at radius 3 is 2.37 bits per heavy atom. The highest BCUT2D eigenvalue weighted by Gasteiger charge is 2.09. The van der Waals surface area contributed by atoms with E-state index in [0.717, 1.165) is 6.42 Å². The normalized spacial score (nSPS) is 10.3. The van der Waals surface area contributed by atoms with Crippen LogP contribution in [0.3, 0.4) is 0 Å². The molecule has 2 N–H and O–H groups in total. The first-order chi connectivity index (χ1) is 8.97. The minimum Gasteiger partial charge on any atom is -0.356 e. The van der Waals surface area contributed by atoms with Crippen molar-refractivity contribution in [2.24, 2.45) is 5.92 Å². The van der Waals surface area contributed by atoms with Crippen LogP contribution in [-0.2, 0) is 9.59 Å². The number of hydrogen-bond acceptors (Lipinski definition) is 2. The van der Waals surface area contributed by atoms with Crippen molar-refractivity contribution in [1.82, 2.24) is 5.32 Å². The summed E-state index contributed by atoms with van der Waals surface area (Å²) in [5, 5.41) is 5.96. The number of carbonyl (C=O) groups is 2. The molecule has 5 heteroatoms. The highest BCUT2D eigenvalue weighted by Crippen LogP contribution is 2.13. The van der Waals surface area contributed by atoms with E-state index in [1.165, 1.54) is 0 Å². The van der Waals surface area contributed by atoms with Gasteiger partial charge in [0.2, 0.25) is 11.8 Å². The number of hydrogen-bond donors (Lipinski definition) is 2. The molecule has 0 aliphatic heterocycles. The Morgan fingerprint density at radius 1 is 1.16 bits per heavy atom. The van der Waals surface area contributed by atoms with Crippen LogP contribution in [0.2, 0.25) is 5.02 Å². The Labute approximate surface area is 118 Å². The summed E-state index contributed by atoms with van der Waals surface area (Å²) in [5.74, 6) is -0.0559. The molecule has 0 spiro atoms. The van der Waals surface area contributed by atoms with Crippen LogP contribution in [0.5, 0.6) is 0 Å². The Morgan fingerprint density at radius 2 is 1.79 bits per heavy atom. The van der Waals surface area contributed by atoms with Gasteiger partial charge >= 0.3 is 0 Å². The zero-order valence-corrected chi connectivity index (χ0v) is 12.0. The third-order valence-corrected chi connectivity index (χ3v) is 2.74. The van der Waals surface area contributed by atoms with E-state index in [1.807, 2.05) is 0 Å². The molecule has 0 aliphatic rings. The number of carbonyl (C=O) groups excluding carboxylic acids is 2. The minimum absolute atomic E-state index is 0.166. The predicted molar refractivity (Wildman–Crippen MR) is 77.2 cm³/mol. The van der Waals surface area contributed by atoms with Crippen LogP contribution in [0.15, 0.2) is 24.3 Å². The molecule has 1 aromatic carbocycles. The first kappa shape index (κ1) is 15.5. The van der Waals surface area contributed by atoms with Gasteiger partial charge in [-0.25, -0.2) is 0 Å². The smallest absolute Gasteiger partial charge is 0.233 e. The summed E-state index contributed by atoms with van der Waals surface area (Å²) in [5.41, 5.74) is 0.629. The van der Waals surface area contributed by atoms with Gasteiger partial charge in [-0.05, 0) is 36.6 Å². The van der Waals surface area contributed by atoms with Crippen LogP contribution in [0.1, 0.15) is 26.7 Å². The average Bonchev–Trinajstić information content (AvgIpc) is 2.31. The quantitative estimate of drug-likeness (QED) is 0.788. The molecule has 0 saturated carbocycles. The first-order valence-corrected chi connectivity index (χ1v) is 6.67. The van der Waals surface area contributed by atoms with Crippen LogP contribution >= 0.6 is 11.6 Å². The van der Waals surface area contributed by atoms with Crippen LogP contribution in [0.4, 0.5) is 5.69 Å². The molecule has 0 heterocycles. The molecule has 4 nitrogen and oxygen atoms in total. The zero-order chi connectivity index (χ0) is 14.3. The molecule has 0 radical (unpaired) electrons. The van der Waals surface area contributed by atoms with E-state index in [9.17, 15) is 9.59 Å². The highest BCUT2D eigenvalue weighted by atomic mass is 35.5. The third kappa shape index (κ3) is 6.82. The fourth-order valence-electron chi connectivity index (χ4n) is 1.45. The molecule has 0 bridgehead atoms. The van der Waals surface area contributed by atoms with E-state index in [4.69, 9.17) is 11.6 Å². The zero-order valence-electron chi connectivity index (χ0n) is 11.2. The number of benzene rings is 1. The van der Waals surface area contributed by atoms with E-state index in [2.05, 4.69) is 24.5 Å². The Balaban J connectivity index is 2.30. The monoisotopic (exact) mass is 282 g/mol. The molecule has 0 unspecified atom stereocenters. The molecule has 104 valence electrons. The maximum atomic E-state index is 11.6. The summed E-state index contributed by atoms with van der Waals surface area (Å²) < 4.78 is 0. The van der Waals surface area contributed by atoms with E-state index >= 15 is 0 Å². The first-order valence-electron chi connectivity index (χ1n) is 6.29. The van der Waals surface area contributed by atoms with Gasteiger partial charge in [-0.1, -0.05) is 25.4 Å². The number of rotatable bonds is 6. The summed E-state index contributed by atoms with van der Waals surface area (Å²) in [7, 11) is 0. The molecular weight excluding hydrogens is 264 g/mol. The highest BCUT2D eigenvalue weighted by molar-refractivity contribution is 6.30. The standard InChI is InChI=1S/C14H19ClN2O2/c1-10(2)7-8-16-13(18)9-14(19)17-12-5-3-11(15)4-6-12/h3-6,10H,7-9H2,1-2H3,(H,16,18)(H,17,19). The van der Waals surface area contributed by atoms with Crippen molar-refractivity contribution in [3.05, 3.63) is 29.3 Å². The van der Waals surface area contributed by atoms with Crippen molar-refractivity contribution in [2.45, 2.75) is 26.7 Å². The molecule has 2 amide bonds. The summed E-state index contributed by atoms with van der Waals surface area (Å²) >= 11 is 5.74. The number of nitrogens with one attached hydrogen (secondary N) is 2.